The van der Waals surface area contributed by atoms with Gasteiger partial charge < -0.3 is 34.9 Å². The number of likely N-dealkylation sites (tertiary alicyclic amines) is 1. The van der Waals surface area contributed by atoms with E-state index >= 15 is 0 Å². The molecular formula is C39H50ClN3O6. The van der Waals surface area contributed by atoms with Crippen LogP contribution in [0.15, 0.2) is 60.7 Å². The highest BCUT2D eigenvalue weighted by Gasteiger charge is 2.43. The molecule has 3 aromatic rings. The summed E-state index contributed by atoms with van der Waals surface area (Å²) in [6.45, 7) is 5.31. The molecule has 2 aliphatic heterocycles. The number of rotatable bonds is 14. The monoisotopic (exact) mass is 691 g/mol. The van der Waals surface area contributed by atoms with Gasteiger partial charge in [-0.25, -0.2) is 4.79 Å². The Morgan fingerprint density at radius 2 is 1.88 bits per heavy atom. The summed E-state index contributed by atoms with van der Waals surface area (Å²) >= 11 is 6.94. The van der Waals surface area contributed by atoms with Crippen molar-refractivity contribution in [3.05, 3.63) is 93.5 Å². The molecule has 49 heavy (non-hydrogen) atoms. The number of piperidine rings is 1. The van der Waals surface area contributed by atoms with Crippen molar-refractivity contribution in [1.29, 1.82) is 0 Å². The summed E-state index contributed by atoms with van der Waals surface area (Å²) in [7, 11) is 3.24. The number of carbonyl (C=O) groups is 2. The van der Waals surface area contributed by atoms with E-state index in [1.165, 1.54) is 12.7 Å². The van der Waals surface area contributed by atoms with E-state index in [-0.39, 0.29) is 18.1 Å². The number of aryl methyl sites for hydroxylation is 2. The third-order valence-electron chi connectivity index (χ3n) is 9.80. The van der Waals surface area contributed by atoms with E-state index < -0.39 is 11.7 Å². The Bertz CT molecular complexity index is 1580. The maximum atomic E-state index is 14.4. The zero-order chi connectivity index (χ0) is 34.8. The molecule has 0 saturated carbocycles. The van der Waals surface area contributed by atoms with Gasteiger partial charge in [0.05, 0.1) is 25.9 Å². The fourth-order valence-corrected chi connectivity index (χ4v) is 7.53. The SMILES string of the molecule is CCc1cccc(-c2c(Cl)cccc2[C@](O)(CCCNC(=O)OC)[C@@H]2CCCN(C(=O)c3ccc(CNC)cc3CCC3OCCO3)C2)c1. The first-order valence-corrected chi connectivity index (χ1v) is 17.9. The van der Waals surface area contributed by atoms with Crippen molar-refractivity contribution in [2.24, 2.45) is 5.92 Å². The minimum absolute atomic E-state index is 0.0411. The van der Waals surface area contributed by atoms with Crippen LogP contribution in [0.25, 0.3) is 11.1 Å². The first kappa shape index (κ1) is 36.8. The fraction of sp³-hybridized carbons (Fsp3) is 0.487. The van der Waals surface area contributed by atoms with Crippen LogP contribution in [0, 0.1) is 5.92 Å². The summed E-state index contributed by atoms with van der Waals surface area (Å²) in [4.78, 5) is 28.1. The second-order valence-corrected chi connectivity index (χ2v) is 13.4. The van der Waals surface area contributed by atoms with Crippen molar-refractivity contribution in [3.8, 4) is 11.1 Å². The van der Waals surface area contributed by atoms with Crippen LogP contribution < -0.4 is 10.6 Å². The fourth-order valence-electron chi connectivity index (χ4n) is 7.25. The molecule has 9 nitrogen and oxygen atoms in total. The maximum Gasteiger partial charge on any atom is 0.406 e. The molecule has 2 atom stereocenters. The number of hydrogen-bond donors (Lipinski definition) is 3. The minimum Gasteiger partial charge on any atom is -0.453 e. The molecule has 2 amide bonds. The molecule has 2 heterocycles. The number of amides is 2. The average molecular weight is 692 g/mol. The molecule has 2 saturated heterocycles. The third kappa shape index (κ3) is 9.01. The van der Waals surface area contributed by atoms with Crippen LogP contribution in [0.1, 0.15) is 71.6 Å². The number of carbonyl (C=O) groups excluding carboxylic acids is 2. The molecule has 5 rings (SSSR count). The van der Waals surface area contributed by atoms with Crippen LogP contribution in [0.3, 0.4) is 0 Å². The smallest absolute Gasteiger partial charge is 0.406 e. The predicted octanol–water partition coefficient (Wildman–Crippen LogP) is 6.47. The Kier molecular flexibility index (Phi) is 13.1. The van der Waals surface area contributed by atoms with Gasteiger partial charge in [-0.2, -0.15) is 0 Å². The molecular weight excluding hydrogens is 642 g/mol. The van der Waals surface area contributed by atoms with Crippen LogP contribution in [-0.4, -0.2) is 75.3 Å². The lowest BCUT2D eigenvalue weighted by atomic mass is 9.72. The molecule has 0 radical (unpaired) electrons. The number of nitrogens with zero attached hydrogens (tertiary/aromatic N) is 1. The van der Waals surface area contributed by atoms with Crippen LogP contribution in [0.2, 0.25) is 5.02 Å². The van der Waals surface area contributed by atoms with Crippen molar-refractivity contribution in [2.75, 3.05) is 47.0 Å². The molecule has 2 fully saturated rings. The van der Waals surface area contributed by atoms with Gasteiger partial charge in [0.1, 0.15) is 0 Å². The van der Waals surface area contributed by atoms with Crippen LogP contribution >= 0.6 is 11.6 Å². The largest absolute Gasteiger partial charge is 0.453 e. The van der Waals surface area contributed by atoms with Crippen LogP contribution in [0.5, 0.6) is 0 Å². The number of alkyl carbamates (subject to hydrolysis) is 1. The van der Waals surface area contributed by atoms with Gasteiger partial charge in [0.25, 0.3) is 5.91 Å². The van der Waals surface area contributed by atoms with E-state index in [2.05, 4.69) is 35.8 Å². The summed E-state index contributed by atoms with van der Waals surface area (Å²) < 4.78 is 16.1. The van der Waals surface area contributed by atoms with Crippen LogP contribution in [0.4, 0.5) is 4.79 Å². The van der Waals surface area contributed by atoms with Crippen molar-refractivity contribution in [3.63, 3.8) is 0 Å². The van der Waals surface area contributed by atoms with Gasteiger partial charge in [0.15, 0.2) is 6.29 Å². The van der Waals surface area contributed by atoms with Crippen molar-refractivity contribution in [1.82, 2.24) is 15.5 Å². The standard InChI is InChI=1S/C39H50ClN3O6/c1-4-27-9-5-10-30(23-27)36-33(12-6-13-34(36)40)39(46,18-8-19-42-38(45)47-3)31-11-7-20-43(26-31)37(44)32-16-14-28(25-41-2)24-29(32)15-17-35-48-21-22-49-35/h5-6,9-10,12-14,16,23-24,31,35,41,46H,4,7-8,11,15,17-22,25-26H2,1-3H3,(H,42,45)/t31-,39+/m1/s1. The normalized spacial score (nSPS) is 17.9. The maximum absolute atomic E-state index is 14.4. The first-order chi connectivity index (χ1) is 23.8. The molecule has 264 valence electrons. The van der Waals surface area contributed by atoms with Crippen molar-refractivity contribution < 1.29 is 28.9 Å². The molecule has 3 aromatic carbocycles. The molecule has 0 aliphatic carbocycles. The lowest BCUT2D eigenvalue weighted by Crippen LogP contribution is -2.48. The topological polar surface area (TPSA) is 109 Å². The number of halogens is 1. The second kappa shape index (κ2) is 17.5. The highest BCUT2D eigenvalue weighted by Crippen LogP contribution is 2.46. The summed E-state index contributed by atoms with van der Waals surface area (Å²) in [6, 6.07) is 20.0. The second-order valence-electron chi connectivity index (χ2n) is 13.0. The van der Waals surface area contributed by atoms with E-state index in [1.807, 2.05) is 54.4 Å². The Morgan fingerprint density at radius 3 is 2.63 bits per heavy atom. The summed E-state index contributed by atoms with van der Waals surface area (Å²) in [6.07, 6.45) is 3.75. The quantitative estimate of drug-likeness (QED) is 0.166. The first-order valence-electron chi connectivity index (χ1n) is 17.5. The number of nitrogens with one attached hydrogen (secondary N) is 2. The molecule has 0 spiro atoms. The number of aliphatic hydroxyl groups is 1. The minimum atomic E-state index is -1.34. The molecule has 0 bridgehead atoms. The molecule has 0 aromatic heterocycles. The van der Waals surface area contributed by atoms with Crippen molar-refractivity contribution >= 4 is 23.6 Å². The molecule has 10 heteroatoms. The lowest BCUT2D eigenvalue weighted by molar-refractivity contribution is -0.0564. The van der Waals surface area contributed by atoms with E-state index in [0.29, 0.717) is 75.7 Å². The third-order valence-corrected chi connectivity index (χ3v) is 10.1. The van der Waals surface area contributed by atoms with Gasteiger partial charge in [0, 0.05) is 54.7 Å². The average Bonchev–Trinajstić information content (AvgIpc) is 3.66. The molecule has 0 unspecified atom stereocenters. The van der Waals surface area contributed by atoms with Gasteiger partial charge in [-0.3, -0.25) is 4.79 Å². The lowest BCUT2D eigenvalue weighted by Gasteiger charge is -2.44. The summed E-state index contributed by atoms with van der Waals surface area (Å²) in [5, 5.41) is 19.5. The van der Waals surface area contributed by atoms with E-state index in [1.54, 1.807) is 0 Å². The van der Waals surface area contributed by atoms with Gasteiger partial charge in [-0.1, -0.05) is 67.1 Å². The van der Waals surface area contributed by atoms with Crippen LogP contribution in [-0.2, 0) is 39.2 Å². The highest BCUT2D eigenvalue weighted by molar-refractivity contribution is 6.33. The van der Waals surface area contributed by atoms with E-state index in [9.17, 15) is 14.7 Å². The van der Waals surface area contributed by atoms with Gasteiger partial charge in [-0.15, -0.1) is 0 Å². The van der Waals surface area contributed by atoms with E-state index in [0.717, 1.165) is 47.1 Å². The Morgan fingerprint density at radius 1 is 1.08 bits per heavy atom. The number of benzene rings is 3. The van der Waals surface area contributed by atoms with Gasteiger partial charge in [-0.05, 0) is 85.5 Å². The zero-order valence-electron chi connectivity index (χ0n) is 28.9. The predicted molar refractivity (Wildman–Crippen MR) is 192 cm³/mol. The number of hydrogen-bond acceptors (Lipinski definition) is 7. The molecule has 2 aliphatic rings. The summed E-state index contributed by atoms with van der Waals surface area (Å²) in [5.74, 6) is -0.317. The molecule has 3 N–H and O–H groups in total. The highest BCUT2D eigenvalue weighted by atomic mass is 35.5. The van der Waals surface area contributed by atoms with Gasteiger partial charge in [0.2, 0.25) is 0 Å². The number of ether oxygens (including phenoxy) is 3. The Hall–Kier alpha value is -3.47. The zero-order valence-corrected chi connectivity index (χ0v) is 29.7. The Labute approximate surface area is 295 Å². The van der Waals surface area contributed by atoms with E-state index in [4.69, 9.17) is 25.8 Å². The Balaban J connectivity index is 1.47. The van der Waals surface area contributed by atoms with Crippen molar-refractivity contribution in [2.45, 2.75) is 70.3 Å². The van der Waals surface area contributed by atoms with Gasteiger partial charge >= 0.3 is 6.09 Å². The summed E-state index contributed by atoms with van der Waals surface area (Å²) in [5.41, 5.74) is 5.05. The number of methoxy groups -OCH3 is 1.